The minimum absolute atomic E-state index is 0.00754. The number of anilines is 1. The van der Waals surface area contributed by atoms with Crippen molar-refractivity contribution in [2.45, 2.75) is 11.4 Å². The fourth-order valence-electron chi connectivity index (χ4n) is 1.64. The van der Waals surface area contributed by atoms with Crippen molar-refractivity contribution in [3.05, 3.63) is 58.3 Å². The van der Waals surface area contributed by atoms with Crippen LogP contribution in [-0.4, -0.2) is 8.42 Å². The third-order valence-corrected chi connectivity index (χ3v) is 4.57. The van der Waals surface area contributed by atoms with Crippen LogP contribution in [0.25, 0.3) is 0 Å². The molecular formula is C13H12BrFN2O2S. The van der Waals surface area contributed by atoms with Crippen LogP contribution in [0.15, 0.2) is 51.8 Å². The first-order valence-corrected chi connectivity index (χ1v) is 7.95. The van der Waals surface area contributed by atoms with Crippen LogP contribution in [0.2, 0.25) is 0 Å². The van der Waals surface area contributed by atoms with Gasteiger partial charge in [-0.05, 0) is 35.9 Å². The molecule has 0 radical (unpaired) electrons. The molecule has 20 heavy (non-hydrogen) atoms. The van der Waals surface area contributed by atoms with Gasteiger partial charge >= 0.3 is 0 Å². The fraction of sp³-hybridized carbons (Fsp3) is 0.0769. The summed E-state index contributed by atoms with van der Waals surface area (Å²) in [4.78, 5) is -0.257. The van der Waals surface area contributed by atoms with Crippen LogP contribution in [0.5, 0.6) is 0 Å². The molecule has 0 spiro atoms. The summed E-state index contributed by atoms with van der Waals surface area (Å²) in [6.07, 6.45) is 0. The number of rotatable bonds is 4. The summed E-state index contributed by atoms with van der Waals surface area (Å²) in [5.41, 5.74) is 6.36. The van der Waals surface area contributed by atoms with Gasteiger partial charge in [-0.15, -0.1) is 0 Å². The Morgan fingerprint density at radius 3 is 2.65 bits per heavy atom. The molecule has 0 aliphatic rings. The van der Waals surface area contributed by atoms with E-state index in [1.54, 1.807) is 18.2 Å². The van der Waals surface area contributed by atoms with Crippen LogP contribution in [-0.2, 0) is 16.6 Å². The maximum atomic E-state index is 13.1. The first-order valence-electron chi connectivity index (χ1n) is 5.67. The Morgan fingerprint density at radius 1 is 1.20 bits per heavy atom. The van der Waals surface area contributed by atoms with Crippen molar-refractivity contribution >= 4 is 31.6 Å². The van der Waals surface area contributed by atoms with Gasteiger partial charge in [0.1, 0.15) is 10.7 Å². The summed E-state index contributed by atoms with van der Waals surface area (Å²) >= 11 is 3.30. The van der Waals surface area contributed by atoms with Crippen molar-refractivity contribution in [2.24, 2.45) is 0 Å². The molecule has 0 unspecified atom stereocenters. The Balaban J connectivity index is 2.21. The van der Waals surface area contributed by atoms with Crippen molar-refractivity contribution < 1.29 is 12.8 Å². The lowest BCUT2D eigenvalue weighted by Gasteiger charge is -2.09. The van der Waals surface area contributed by atoms with Gasteiger partial charge in [0.2, 0.25) is 10.0 Å². The molecule has 0 aliphatic carbocycles. The molecule has 0 saturated heterocycles. The van der Waals surface area contributed by atoms with Gasteiger partial charge < -0.3 is 5.73 Å². The molecule has 106 valence electrons. The van der Waals surface area contributed by atoms with E-state index >= 15 is 0 Å². The van der Waals surface area contributed by atoms with E-state index in [1.807, 2.05) is 6.07 Å². The number of benzene rings is 2. The van der Waals surface area contributed by atoms with E-state index in [9.17, 15) is 12.8 Å². The van der Waals surface area contributed by atoms with Crippen LogP contribution >= 0.6 is 15.9 Å². The number of nitrogens with two attached hydrogens (primary N) is 1. The van der Waals surface area contributed by atoms with Gasteiger partial charge in [-0.25, -0.2) is 17.5 Å². The molecular weight excluding hydrogens is 347 g/mol. The smallest absolute Gasteiger partial charge is 0.243 e. The van der Waals surface area contributed by atoms with E-state index in [-0.39, 0.29) is 17.1 Å². The molecule has 0 aromatic heterocycles. The molecule has 0 saturated carbocycles. The first-order chi connectivity index (χ1) is 9.38. The number of hydrogen-bond donors (Lipinski definition) is 2. The van der Waals surface area contributed by atoms with E-state index in [2.05, 4.69) is 20.7 Å². The number of nitrogen functional groups attached to an aromatic ring is 1. The van der Waals surface area contributed by atoms with E-state index in [1.165, 1.54) is 6.07 Å². The topological polar surface area (TPSA) is 72.2 Å². The Labute approximate surface area is 125 Å². The number of halogens is 2. The Kier molecular flexibility index (Phi) is 4.42. The van der Waals surface area contributed by atoms with E-state index in [4.69, 9.17) is 5.73 Å². The second-order valence-electron chi connectivity index (χ2n) is 4.14. The van der Waals surface area contributed by atoms with Crippen molar-refractivity contribution in [1.82, 2.24) is 4.72 Å². The van der Waals surface area contributed by atoms with Crippen molar-refractivity contribution in [3.8, 4) is 0 Å². The van der Waals surface area contributed by atoms with Gasteiger partial charge in [0.15, 0.2) is 0 Å². The highest BCUT2D eigenvalue weighted by atomic mass is 79.9. The highest BCUT2D eigenvalue weighted by Crippen LogP contribution is 2.19. The highest BCUT2D eigenvalue weighted by molar-refractivity contribution is 9.10. The summed E-state index contributed by atoms with van der Waals surface area (Å²) in [5, 5.41) is 0. The van der Waals surface area contributed by atoms with Gasteiger partial charge in [0.05, 0.1) is 5.69 Å². The zero-order valence-electron chi connectivity index (χ0n) is 10.3. The van der Waals surface area contributed by atoms with E-state index in [0.29, 0.717) is 0 Å². The minimum atomic E-state index is -3.85. The van der Waals surface area contributed by atoms with Crippen LogP contribution in [0.4, 0.5) is 10.1 Å². The van der Waals surface area contributed by atoms with E-state index in [0.717, 1.165) is 22.2 Å². The standard InChI is InChI=1S/C13H12BrFN2O2S/c14-10-3-1-2-9(6-10)8-17-20(18,19)13-7-11(15)4-5-12(13)16/h1-7,17H,8,16H2. The Hall–Kier alpha value is -1.44. The molecule has 2 rings (SSSR count). The highest BCUT2D eigenvalue weighted by Gasteiger charge is 2.17. The van der Waals surface area contributed by atoms with Gasteiger partial charge in [-0.3, -0.25) is 0 Å². The van der Waals surface area contributed by atoms with Crippen LogP contribution < -0.4 is 10.5 Å². The first kappa shape index (κ1) is 15.0. The van der Waals surface area contributed by atoms with Crippen molar-refractivity contribution in [2.75, 3.05) is 5.73 Å². The molecule has 2 aromatic carbocycles. The number of nitrogens with one attached hydrogen (secondary N) is 1. The lowest BCUT2D eigenvalue weighted by Crippen LogP contribution is -2.24. The zero-order valence-corrected chi connectivity index (χ0v) is 12.7. The summed E-state index contributed by atoms with van der Waals surface area (Å²) < 4.78 is 40.6. The molecule has 0 fully saturated rings. The molecule has 0 aliphatic heterocycles. The maximum Gasteiger partial charge on any atom is 0.243 e. The number of sulfonamides is 1. The monoisotopic (exact) mass is 358 g/mol. The van der Waals surface area contributed by atoms with Gasteiger partial charge in [-0.2, -0.15) is 0 Å². The van der Waals surface area contributed by atoms with E-state index < -0.39 is 15.8 Å². The predicted molar refractivity (Wildman–Crippen MR) is 79.0 cm³/mol. The molecule has 2 aromatic rings. The second kappa shape index (κ2) is 5.90. The zero-order chi connectivity index (χ0) is 14.8. The lowest BCUT2D eigenvalue weighted by atomic mass is 10.2. The van der Waals surface area contributed by atoms with Gasteiger partial charge in [0.25, 0.3) is 0 Å². The summed E-state index contributed by atoms with van der Waals surface area (Å²) in [6, 6.07) is 10.4. The second-order valence-corrected chi connectivity index (χ2v) is 6.79. The molecule has 0 atom stereocenters. The largest absolute Gasteiger partial charge is 0.398 e. The van der Waals surface area contributed by atoms with Gasteiger partial charge in [0, 0.05) is 11.0 Å². The normalized spacial score (nSPS) is 11.5. The summed E-state index contributed by atoms with van der Waals surface area (Å²) in [5.74, 6) is -0.651. The Bertz CT molecular complexity index is 735. The molecule has 0 heterocycles. The molecule has 0 amide bonds. The minimum Gasteiger partial charge on any atom is -0.398 e. The SMILES string of the molecule is Nc1ccc(F)cc1S(=O)(=O)NCc1cccc(Br)c1. The summed E-state index contributed by atoms with van der Waals surface area (Å²) in [6.45, 7) is 0.0950. The third-order valence-electron chi connectivity index (χ3n) is 2.62. The van der Waals surface area contributed by atoms with Crippen molar-refractivity contribution in [3.63, 3.8) is 0 Å². The fourth-order valence-corrected chi connectivity index (χ4v) is 3.25. The average Bonchev–Trinajstić information content (AvgIpc) is 2.39. The molecule has 7 heteroatoms. The lowest BCUT2D eigenvalue weighted by molar-refractivity contribution is 0.578. The van der Waals surface area contributed by atoms with Gasteiger partial charge in [-0.1, -0.05) is 28.1 Å². The van der Waals surface area contributed by atoms with Crippen LogP contribution in [0.3, 0.4) is 0 Å². The predicted octanol–water partition coefficient (Wildman–Crippen LogP) is 2.65. The summed E-state index contributed by atoms with van der Waals surface area (Å²) in [7, 11) is -3.85. The molecule has 3 N–H and O–H groups in total. The van der Waals surface area contributed by atoms with Crippen molar-refractivity contribution in [1.29, 1.82) is 0 Å². The van der Waals surface area contributed by atoms with Crippen LogP contribution in [0.1, 0.15) is 5.56 Å². The number of hydrogen-bond acceptors (Lipinski definition) is 3. The Morgan fingerprint density at radius 2 is 1.95 bits per heavy atom. The molecule has 4 nitrogen and oxygen atoms in total. The maximum absolute atomic E-state index is 13.1. The quantitative estimate of drug-likeness (QED) is 0.825. The molecule has 0 bridgehead atoms. The average molecular weight is 359 g/mol. The third kappa shape index (κ3) is 3.56. The van der Waals surface area contributed by atoms with Crippen LogP contribution in [0, 0.1) is 5.82 Å².